The summed E-state index contributed by atoms with van der Waals surface area (Å²) in [5.41, 5.74) is 1.12. The fourth-order valence-electron chi connectivity index (χ4n) is 3.03. The van der Waals surface area contributed by atoms with E-state index in [1.54, 1.807) is 0 Å². The zero-order valence-electron chi connectivity index (χ0n) is 11.9. The molecule has 0 bridgehead atoms. The SMILES string of the molecule is CNC(c1ccc2[nH]c(=O)c(=O)[nH]c2c1)C1CCCOC1. The van der Waals surface area contributed by atoms with Crippen molar-refractivity contribution in [2.75, 3.05) is 20.3 Å². The van der Waals surface area contributed by atoms with Gasteiger partial charge < -0.3 is 20.0 Å². The molecular weight excluding hydrogens is 270 g/mol. The second kappa shape index (κ2) is 5.83. The van der Waals surface area contributed by atoms with Gasteiger partial charge in [-0.2, -0.15) is 0 Å². The van der Waals surface area contributed by atoms with Gasteiger partial charge in [0.25, 0.3) is 0 Å². The molecule has 3 N–H and O–H groups in total. The highest BCUT2D eigenvalue weighted by Gasteiger charge is 2.24. The Balaban J connectivity index is 2.00. The van der Waals surface area contributed by atoms with Crippen LogP contribution in [0, 0.1) is 5.92 Å². The van der Waals surface area contributed by atoms with Crippen LogP contribution < -0.4 is 16.4 Å². The Labute approximate surface area is 121 Å². The highest BCUT2D eigenvalue weighted by molar-refractivity contribution is 5.74. The highest BCUT2D eigenvalue weighted by Crippen LogP contribution is 2.29. The Morgan fingerprint density at radius 1 is 1.24 bits per heavy atom. The van der Waals surface area contributed by atoms with Gasteiger partial charge in [-0.1, -0.05) is 6.07 Å². The zero-order chi connectivity index (χ0) is 14.8. The van der Waals surface area contributed by atoms with E-state index < -0.39 is 11.1 Å². The topological polar surface area (TPSA) is 87.0 Å². The van der Waals surface area contributed by atoms with E-state index in [2.05, 4.69) is 15.3 Å². The molecule has 1 aromatic carbocycles. The van der Waals surface area contributed by atoms with E-state index in [0.717, 1.165) is 31.6 Å². The van der Waals surface area contributed by atoms with Crippen LogP contribution in [-0.4, -0.2) is 30.2 Å². The number of fused-ring (bicyclic) bond motifs is 1. The van der Waals surface area contributed by atoms with E-state index in [9.17, 15) is 9.59 Å². The summed E-state index contributed by atoms with van der Waals surface area (Å²) in [5.74, 6) is 0.413. The number of H-pyrrole nitrogens is 2. The lowest BCUT2D eigenvalue weighted by Gasteiger charge is -2.30. The Kier molecular flexibility index (Phi) is 3.90. The average Bonchev–Trinajstić information content (AvgIpc) is 2.50. The lowest BCUT2D eigenvalue weighted by Crippen LogP contribution is -2.32. The van der Waals surface area contributed by atoms with Gasteiger partial charge in [-0.25, -0.2) is 0 Å². The van der Waals surface area contributed by atoms with Crippen molar-refractivity contribution in [2.24, 2.45) is 5.92 Å². The van der Waals surface area contributed by atoms with Gasteiger partial charge in [0.1, 0.15) is 0 Å². The molecule has 0 aliphatic carbocycles. The Bertz CT molecular complexity index is 744. The molecule has 6 heteroatoms. The summed E-state index contributed by atoms with van der Waals surface area (Å²) in [6.07, 6.45) is 2.19. The molecule has 6 nitrogen and oxygen atoms in total. The summed E-state index contributed by atoms with van der Waals surface area (Å²) in [4.78, 5) is 28.0. The minimum Gasteiger partial charge on any atom is -0.381 e. The molecule has 1 fully saturated rings. The number of rotatable bonds is 3. The molecule has 1 aliphatic rings. The van der Waals surface area contributed by atoms with E-state index in [1.165, 1.54) is 0 Å². The lowest BCUT2D eigenvalue weighted by molar-refractivity contribution is 0.0402. The first-order valence-corrected chi connectivity index (χ1v) is 7.20. The van der Waals surface area contributed by atoms with E-state index in [4.69, 9.17) is 4.74 Å². The molecule has 112 valence electrons. The van der Waals surface area contributed by atoms with Crippen LogP contribution in [0.3, 0.4) is 0 Å². The second-order valence-corrected chi connectivity index (χ2v) is 5.46. The molecule has 1 aromatic heterocycles. The van der Waals surface area contributed by atoms with Crippen molar-refractivity contribution in [1.29, 1.82) is 0 Å². The van der Waals surface area contributed by atoms with Crippen molar-refractivity contribution in [3.63, 3.8) is 0 Å². The highest BCUT2D eigenvalue weighted by atomic mass is 16.5. The van der Waals surface area contributed by atoms with Gasteiger partial charge in [0.15, 0.2) is 0 Å². The number of benzene rings is 1. The van der Waals surface area contributed by atoms with Gasteiger partial charge >= 0.3 is 11.1 Å². The smallest absolute Gasteiger partial charge is 0.314 e. The quantitative estimate of drug-likeness (QED) is 0.733. The van der Waals surface area contributed by atoms with Gasteiger partial charge in [0, 0.05) is 18.6 Å². The molecule has 3 rings (SSSR count). The van der Waals surface area contributed by atoms with Gasteiger partial charge in [-0.05, 0) is 37.6 Å². The summed E-state index contributed by atoms with van der Waals surface area (Å²) in [7, 11) is 1.93. The first kappa shape index (κ1) is 14.0. The van der Waals surface area contributed by atoms with E-state index >= 15 is 0 Å². The van der Waals surface area contributed by atoms with Crippen LogP contribution in [0.25, 0.3) is 11.0 Å². The standard InChI is InChI=1S/C15H19N3O3/c1-16-13(10-3-2-6-21-8-10)9-4-5-11-12(7-9)18-15(20)14(19)17-11/h4-5,7,10,13,16H,2-3,6,8H2,1H3,(H,17,19)(H,18,20). The van der Waals surface area contributed by atoms with Crippen LogP contribution in [0.5, 0.6) is 0 Å². The summed E-state index contributed by atoms with van der Waals surface area (Å²) < 4.78 is 5.56. The van der Waals surface area contributed by atoms with Gasteiger partial charge in [0.05, 0.1) is 17.6 Å². The van der Waals surface area contributed by atoms with Crippen molar-refractivity contribution in [3.8, 4) is 0 Å². The van der Waals surface area contributed by atoms with Crippen molar-refractivity contribution in [2.45, 2.75) is 18.9 Å². The minimum atomic E-state index is -0.624. The minimum absolute atomic E-state index is 0.171. The predicted molar refractivity (Wildman–Crippen MR) is 80.5 cm³/mol. The average molecular weight is 289 g/mol. The monoisotopic (exact) mass is 289 g/mol. The summed E-state index contributed by atoms with van der Waals surface area (Å²) >= 11 is 0. The van der Waals surface area contributed by atoms with Crippen molar-refractivity contribution in [1.82, 2.24) is 15.3 Å². The fourth-order valence-corrected chi connectivity index (χ4v) is 3.03. The third kappa shape index (κ3) is 2.77. The van der Waals surface area contributed by atoms with E-state index in [-0.39, 0.29) is 6.04 Å². The first-order chi connectivity index (χ1) is 10.2. The maximum Gasteiger partial charge on any atom is 0.314 e. The molecule has 2 unspecified atom stereocenters. The molecule has 0 saturated carbocycles. The number of hydrogen-bond donors (Lipinski definition) is 3. The van der Waals surface area contributed by atoms with E-state index in [1.807, 2.05) is 25.2 Å². The van der Waals surface area contributed by atoms with Crippen LogP contribution in [-0.2, 0) is 4.74 Å². The largest absolute Gasteiger partial charge is 0.381 e. The maximum absolute atomic E-state index is 11.5. The maximum atomic E-state index is 11.5. The van der Waals surface area contributed by atoms with Crippen LogP contribution in [0.15, 0.2) is 27.8 Å². The zero-order valence-corrected chi connectivity index (χ0v) is 11.9. The number of hydrogen-bond acceptors (Lipinski definition) is 4. The van der Waals surface area contributed by atoms with Crippen LogP contribution >= 0.6 is 0 Å². The molecular formula is C15H19N3O3. The Hall–Kier alpha value is -1.92. The third-order valence-electron chi connectivity index (χ3n) is 4.08. The van der Waals surface area contributed by atoms with Crippen LogP contribution in [0.1, 0.15) is 24.4 Å². The number of aromatic amines is 2. The molecule has 2 aromatic rings. The molecule has 21 heavy (non-hydrogen) atoms. The summed E-state index contributed by atoms with van der Waals surface area (Å²) in [5, 5.41) is 3.33. The van der Waals surface area contributed by atoms with Gasteiger partial charge in [0.2, 0.25) is 0 Å². The van der Waals surface area contributed by atoms with Crippen molar-refractivity contribution in [3.05, 3.63) is 44.5 Å². The molecule has 2 heterocycles. The number of ether oxygens (including phenoxy) is 1. The molecule has 1 aliphatic heterocycles. The van der Waals surface area contributed by atoms with Gasteiger partial charge in [-0.3, -0.25) is 9.59 Å². The van der Waals surface area contributed by atoms with Crippen LogP contribution in [0.2, 0.25) is 0 Å². The van der Waals surface area contributed by atoms with E-state index in [0.29, 0.717) is 17.0 Å². The van der Waals surface area contributed by atoms with Crippen molar-refractivity contribution >= 4 is 11.0 Å². The number of nitrogens with one attached hydrogen (secondary N) is 3. The predicted octanol–water partition coefficient (Wildman–Crippen LogP) is 0.903. The molecule has 0 spiro atoms. The summed E-state index contributed by atoms with van der Waals surface area (Å²) in [6.45, 7) is 1.57. The molecule has 0 amide bonds. The number of aromatic nitrogens is 2. The Morgan fingerprint density at radius 2 is 2.00 bits per heavy atom. The first-order valence-electron chi connectivity index (χ1n) is 7.20. The van der Waals surface area contributed by atoms with Gasteiger partial charge in [-0.15, -0.1) is 0 Å². The molecule has 2 atom stereocenters. The molecule has 0 radical (unpaired) electrons. The Morgan fingerprint density at radius 3 is 2.67 bits per heavy atom. The second-order valence-electron chi connectivity index (χ2n) is 5.46. The lowest BCUT2D eigenvalue weighted by atomic mass is 9.88. The van der Waals surface area contributed by atoms with Crippen molar-refractivity contribution < 1.29 is 4.74 Å². The third-order valence-corrected chi connectivity index (χ3v) is 4.08. The summed E-state index contributed by atoms with van der Waals surface area (Å²) in [6, 6.07) is 5.90. The fraction of sp³-hybridized carbons (Fsp3) is 0.467. The molecule has 1 saturated heterocycles. The normalized spacial score (nSPS) is 20.5. The van der Waals surface area contributed by atoms with Crippen LogP contribution in [0.4, 0.5) is 0 Å².